The van der Waals surface area contributed by atoms with Crippen molar-refractivity contribution in [3.05, 3.63) is 84.1 Å². The minimum absolute atomic E-state index is 0.131. The highest BCUT2D eigenvalue weighted by molar-refractivity contribution is 6.07. The Balaban J connectivity index is 1.36. The summed E-state index contributed by atoms with van der Waals surface area (Å²) in [7, 11) is 0. The van der Waals surface area contributed by atoms with Crippen molar-refractivity contribution < 1.29 is 14.3 Å². The molecule has 1 N–H and O–H groups in total. The highest BCUT2D eigenvalue weighted by Crippen LogP contribution is 2.30. The molecule has 4 aromatic rings. The van der Waals surface area contributed by atoms with E-state index in [2.05, 4.69) is 15.3 Å². The monoisotopic (exact) mass is 411 g/mol. The number of pyridine rings is 2. The molecule has 0 unspecified atom stereocenters. The molecule has 5 rings (SSSR count). The Bertz CT molecular complexity index is 1240. The summed E-state index contributed by atoms with van der Waals surface area (Å²) in [5.74, 6) is 1.40. The topological polar surface area (TPSA) is 73.3 Å². The van der Waals surface area contributed by atoms with Crippen molar-refractivity contribution in [2.75, 3.05) is 19.8 Å². The summed E-state index contributed by atoms with van der Waals surface area (Å²) < 4.78 is 11.2. The number of nitrogens with zero attached hydrogens (tertiary/aromatic N) is 2. The number of para-hydroxylation sites is 1. The second-order valence-corrected chi connectivity index (χ2v) is 7.27. The highest BCUT2D eigenvalue weighted by atomic mass is 16.6. The fraction of sp³-hybridized carbons (Fsp3) is 0.160. The summed E-state index contributed by atoms with van der Waals surface area (Å²) >= 11 is 0. The first-order valence-electron chi connectivity index (χ1n) is 10.3. The van der Waals surface area contributed by atoms with Crippen LogP contribution in [0.4, 0.5) is 0 Å². The molecule has 6 nitrogen and oxygen atoms in total. The van der Waals surface area contributed by atoms with Crippen molar-refractivity contribution in [1.82, 2.24) is 15.3 Å². The molecular formula is C25H21N3O3. The fourth-order valence-corrected chi connectivity index (χ4v) is 3.67. The molecule has 31 heavy (non-hydrogen) atoms. The second kappa shape index (κ2) is 8.44. The lowest BCUT2D eigenvalue weighted by Crippen LogP contribution is -2.26. The van der Waals surface area contributed by atoms with Crippen molar-refractivity contribution in [3.8, 4) is 22.9 Å². The number of carbonyl (C=O) groups excluding carboxylic acids is 1. The van der Waals surface area contributed by atoms with E-state index in [1.54, 1.807) is 6.20 Å². The van der Waals surface area contributed by atoms with Gasteiger partial charge in [0.05, 0.1) is 22.5 Å². The fourth-order valence-electron chi connectivity index (χ4n) is 3.67. The number of benzene rings is 2. The first-order valence-corrected chi connectivity index (χ1v) is 10.3. The van der Waals surface area contributed by atoms with Crippen LogP contribution in [0, 0.1) is 0 Å². The number of aromatic nitrogens is 2. The van der Waals surface area contributed by atoms with E-state index >= 15 is 0 Å². The third-order valence-corrected chi connectivity index (χ3v) is 5.19. The number of rotatable bonds is 5. The Morgan fingerprint density at radius 1 is 0.903 bits per heavy atom. The Morgan fingerprint density at radius 2 is 1.74 bits per heavy atom. The molecular weight excluding hydrogens is 390 g/mol. The van der Waals surface area contributed by atoms with E-state index in [0.717, 1.165) is 33.7 Å². The highest BCUT2D eigenvalue weighted by Gasteiger charge is 2.15. The van der Waals surface area contributed by atoms with Gasteiger partial charge in [-0.25, -0.2) is 4.98 Å². The van der Waals surface area contributed by atoms with Gasteiger partial charge in [-0.15, -0.1) is 0 Å². The Hall–Kier alpha value is -3.93. The molecule has 0 atom stereocenters. The molecule has 0 spiro atoms. The van der Waals surface area contributed by atoms with E-state index in [-0.39, 0.29) is 5.91 Å². The molecule has 2 aromatic carbocycles. The van der Waals surface area contributed by atoms with Crippen LogP contribution in [0.1, 0.15) is 15.9 Å². The minimum Gasteiger partial charge on any atom is -0.486 e. The van der Waals surface area contributed by atoms with Crippen molar-refractivity contribution in [2.45, 2.75) is 6.42 Å². The zero-order valence-electron chi connectivity index (χ0n) is 16.9. The van der Waals surface area contributed by atoms with Crippen LogP contribution in [-0.2, 0) is 6.42 Å². The number of hydrogen-bond donors (Lipinski definition) is 1. The molecule has 6 heteroatoms. The first kappa shape index (κ1) is 19.1. The van der Waals surface area contributed by atoms with Gasteiger partial charge in [0.1, 0.15) is 13.2 Å². The normalized spacial score (nSPS) is 12.5. The standard InChI is InChI=1S/C25H21N3O3/c29-25(27-12-10-17-8-9-23-24(15-17)31-14-13-30-23)19-16-22(21-7-3-4-11-26-21)28-20-6-2-1-5-18(19)20/h1-9,11,15-16H,10,12-14H2,(H,27,29). The lowest BCUT2D eigenvalue weighted by Gasteiger charge is -2.19. The molecule has 0 saturated carbocycles. The zero-order chi connectivity index (χ0) is 21.0. The van der Waals surface area contributed by atoms with Gasteiger partial charge in [-0.3, -0.25) is 9.78 Å². The molecule has 3 heterocycles. The molecule has 154 valence electrons. The number of fused-ring (bicyclic) bond motifs is 2. The molecule has 0 saturated heterocycles. The minimum atomic E-state index is -0.131. The maximum absolute atomic E-state index is 13.1. The van der Waals surface area contributed by atoms with Crippen molar-refractivity contribution >= 4 is 16.8 Å². The lowest BCUT2D eigenvalue weighted by atomic mass is 10.1. The van der Waals surface area contributed by atoms with E-state index in [0.29, 0.717) is 37.4 Å². The summed E-state index contributed by atoms with van der Waals surface area (Å²) in [6.45, 7) is 1.64. The van der Waals surface area contributed by atoms with Crippen LogP contribution in [-0.4, -0.2) is 35.6 Å². The Labute approximate surface area is 179 Å². The maximum Gasteiger partial charge on any atom is 0.252 e. The number of nitrogens with one attached hydrogen (secondary N) is 1. The van der Waals surface area contributed by atoms with E-state index in [1.165, 1.54) is 0 Å². The first-order chi connectivity index (χ1) is 15.3. The van der Waals surface area contributed by atoms with Gasteiger partial charge in [0.15, 0.2) is 11.5 Å². The molecule has 2 aromatic heterocycles. The predicted molar refractivity (Wildman–Crippen MR) is 118 cm³/mol. The van der Waals surface area contributed by atoms with E-state index in [9.17, 15) is 4.79 Å². The van der Waals surface area contributed by atoms with Gasteiger partial charge in [0.2, 0.25) is 0 Å². The molecule has 1 aliphatic rings. The smallest absolute Gasteiger partial charge is 0.252 e. The number of ether oxygens (including phenoxy) is 2. The van der Waals surface area contributed by atoms with Crippen LogP contribution < -0.4 is 14.8 Å². The van der Waals surface area contributed by atoms with Crippen LogP contribution >= 0.6 is 0 Å². The Kier molecular flexibility index (Phi) is 5.19. The van der Waals surface area contributed by atoms with Gasteiger partial charge >= 0.3 is 0 Å². The quantitative estimate of drug-likeness (QED) is 0.537. The van der Waals surface area contributed by atoms with Crippen LogP contribution in [0.25, 0.3) is 22.3 Å². The summed E-state index contributed by atoms with van der Waals surface area (Å²) in [6, 6.07) is 21.0. The summed E-state index contributed by atoms with van der Waals surface area (Å²) in [4.78, 5) is 22.1. The van der Waals surface area contributed by atoms with Crippen molar-refractivity contribution in [3.63, 3.8) is 0 Å². The van der Waals surface area contributed by atoms with E-state index in [4.69, 9.17) is 9.47 Å². The molecule has 0 bridgehead atoms. The summed E-state index contributed by atoms with van der Waals surface area (Å²) in [5.41, 5.74) is 3.85. The van der Waals surface area contributed by atoms with Crippen molar-refractivity contribution in [1.29, 1.82) is 0 Å². The van der Waals surface area contributed by atoms with Gasteiger partial charge < -0.3 is 14.8 Å². The average Bonchev–Trinajstić information content (AvgIpc) is 2.83. The Morgan fingerprint density at radius 3 is 2.61 bits per heavy atom. The SMILES string of the molecule is O=C(NCCc1ccc2c(c1)OCCO2)c1cc(-c2ccccn2)nc2ccccc12. The van der Waals surface area contributed by atoms with Crippen LogP contribution in [0.2, 0.25) is 0 Å². The molecule has 0 fully saturated rings. The van der Waals surface area contributed by atoms with Gasteiger partial charge in [0.25, 0.3) is 5.91 Å². The third kappa shape index (κ3) is 4.05. The summed E-state index contributed by atoms with van der Waals surface area (Å²) in [6.07, 6.45) is 2.41. The van der Waals surface area contributed by atoms with E-state index in [1.807, 2.05) is 66.7 Å². The molecule has 0 aliphatic carbocycles. The average molecular weight is 411 g/mol. The third-order valence-electron chi connectivity index (χ3n) is 5.19. The predicted octanol–water partition coefficient (Wildman–Crippen LogP) is 4.04. The van der Waals surface area contributed by atoms with Gasteiger partial charge in [-0.1, -0.05) is 30.3 Å². The van der Waals surface area contributed by atoms with E-state index < -0.39 is 0 Å². The largest absolute Gasteiger partial charge is 0.486 e. The van der Waals surface area contributed by atoms with Crippen molar-refractivity contribution in [2.24, 2.45) is 0 Å². The molecule has 0 radical (unpaired) electrons. The number of hydrogen-bond acceptors (Lipinski definition) is 5. The summed E-state index contributed by atoms with van der Waals surface area (Å²) in [5, 5.41) is 3.86. The van der Waals surface area contributed by atoms with Gasteiger partial charge in [0, 0.05) is 18.1 Å². The van der Waals surface area contributed by atoms with Crippen LogP contribution in [0.3, 0.4) is 0 Å². The number of carbonyl (C=O) groups is 1. The maximum atomic E-state index is 13.1. The number of amides is 1. The second-order valence-electron chi connectivity index (χ2n) is 7.27. The van der Waals surface area contributed by atoms with Crippen LogP contribution in [0.5, 0.6) is 11.5 Å². The van der Waals surface area contributed by atoms with Crippen LogP contribution in [0.15, 0.2) is 72.9 Å². The van der Waals surface area contributed by atoms with Gasteiger partial charge in [-0.2, -0.15) is 0 Å². The molecule has 1 aliphatic heterocycles. The van der Waals surface area contributed by atoms with Gasteiger partial charge in [-0.05, 0) is 48.4 Å². The zero-order valence-corrected chi connectivity index (χ0v) is 16.9. The lowest BCUT2D eigenvalue weighted by molar-refractivity contribution is 0.0955. The molecule has 1 amide bonds.